The predicted molar refractivity (Wildman–Crippen MR) is 110 cm³/mol. The van der Waals surface area contributed by atoms with E-state index in [1.54, 1.807) is 17.6 Å². The third-order valence-electron chi connectivity index (χ3n) is 4.62. The second kappa shape index (κ2) is 7.12. The Bertz CT molecular complexity index is 1240. The molecule has 0 aliphatic heterocycles. The van der Waals surface area contributed by atoms with Crippen molar-refractivity contribution in [2.45, 2.75) is 30.8 Å². The number of nitrogens with two attached hydrogens (primary N) is 1. The Labute approximate surface area is 165 Å². The first-order valence-corrected chi connectivity index (χ1v) is 9.72. The summed E-state index contributed by atoms with van der Waals surface area (Å²) in [5.74, 6) is 0.00229. The second-order valence-electron chi connectivity index (χ2n) is 6.67. The number of hydrogen-bond acceptors (Lipinski definition) is 5. The lowest BCUT2D eigenvalue weighted by Crippen LogP contribution is -2.24. The number of nitrogens with zero attached hydrogens (tertiary/aromatic N) is 4. The predicted octanol–water partition coefficient (Wildman–Crippen LogP) is 2.37. The molecule has 0 aliphatic rings. The third-order valence-corrected chi connectivity index (χ3v) is 5.68. The van der Waals surface area contributed by atoms with Gasteiger partial charge in [-0.25, -0.2) is 0 Å². The molecular formula is C20H19N5O2S. The van der Waals surface area contributed by atoms with E-state index in [1.165, 1.54) is 11.8 Å². The molecule has 0 fully saturated rings. The summed E-state index contributed by atoms with van der Waals surface area (Å²) in [4.78, 5) is 24.7. The molecule has 1 amide bonds. The summed E-state index contributed by atoms with van der Waals surface area (Å²) in [5, 5.41) is 9.11. The number of primary amides is 1. The Kier molecular flexibility index (Phi) is 4.64. The van der Waals surface area contributed by atoms with Gasteiger partial charge in [-0.3, -0.25) is 18.6 Å². The molecule has 28 heavy (non-hydrogen) atoms. The van der Waals surface area contributed by atoms with Gasteiger partial charge in [0.05, 0.1) is 22.7 Å². The van der Waals surface area contributed by atoms with Crippen LogP contribution in [0.1, 0.15) is 18.1 Å². The highest BCUT2D eigenvalue weighted by Crippen LogP contribution is 2.25. The number of benzene rings is 2. The Balaban J connectivity index is 1.95. The van der Waals surface area contributed by atoms with E-state index >= 15 is 0 Å². The third kappa shape index (κ3) is 3.16. The van der Waals surface area contributed by atoms with E-state index < -0.39 is 11.2 Å². The SMILES string of the molecule is Cc1ccc(Cn2c(=O)c3ccccc3n3c(S[C@H](C)C(N)=O)nnc23)cc1. The van der Waals surface area contributed by atoms with Crippen LogP contribution in [0, 0.1) is 6.92 Å². The highest BCUT2D eigenvalue weighted by atomic mass is 32.2. The molecule has 2 N–H and O–H groups in total. The van der Waals surface area contributed by atoms with E-state index in [4.69, 9.17) is 5.73 Å². The molecule has 0 saturated heterocycles. The van der Waals surface area contributed by atoms with Gasteiger partial charge in [-0.15, -0.1) is 10.2 Å². The molecule has 2 heterocycles. The monoisotopic (exact) mass is 393 g/mol. The lowest BCUT2D eigenvalue weighted by molar-refractivity contribution is -0.117. The minimum absolute atomic E-state index is 0.129. The molecule has 0 spiro atoms. The Hall–Kier alpha value is -3.13. The average molecular weight is 393 g/mol. The molecule has 0 aliphatic carbocycles. The van der Waals surface area contributed by atoms with Crippen LogP contribution in [0.25, 0.3) is 16.7 Å². The zero-order valence-electron chi connectivity index (χ0n) is 15.5. The van der Waals surface area contributed by atoms with Crippen LogP contribution >= 0.6 is 11.8 Å². The number of rotatable bonds is 5. The van der Waals surface area contributed by atoms with Gasteiger partial charge in [-0.2, -0.15) is 0 Å². The zero-order chi connectivity index (χ0) is 19.8. The molecule has 2 aromatic heterocycles. The van der Waals surface area contributed by atoms with Crippen LogP contribution in [0.5, 0.6) is 0 Å². The van der Waals surface area contributed by atoms with Crippen LogP contribution in [-0.4, -0.2) is 30.3 Å². The van der Waals surface area contributed by atoms with Gasteiger partial charge in [0.2, 0.25) is 11.7 Å². The Morgan fingerprint density at radius 1 is 1.14 bits per heavy atom. The van der Waals surface area contributed by atoms with Crippen molar-refractivity contribution in [3.63, 3.8) is 0 Å². The average Bonchev–Trinajstić information content (AvgIpc) is 3.10. The van der Waals surface area contributed by atoms with Crippen molar-refractivity contribution in [1.82, 2.24) is 19.2 Å². The first-order chi connectivity index (χ1) is 13.5. The lowest BCUT2D eigenvalue weighted by atomic mass is 10.1. The van der Waals surface area contributed by atoms with Crippen LogP contribution in [-0.2, 0) is 11.3 Å². The summed E-state index contributed by atoms with van der Waals surface area (Å²) in [6.45, 7) is 4.12. The van der Waals surface area contributed by atoms with Gasteiger partial charge in [-0.1, -0.05) is 53.7 Å². The summed E-state index contributed by atoms with van der Waals surface area (Å²) >= 11 is 1.22. The van der Waals surface area contributed by atoms with E-state index in [9.17, 15) is 9.59 Å². The van der Waals surface area contributed by atoms with Crippen molar-refractivity contribution in [3.05, 3.63) is 70.0 Å². The van der Waals surface area contributed by atoms with Gasteiger partial charge < -0.3 is 5.73 Å². The molecule has 0 unspecified atom stereocenters. The Morgan fingerprint density at radius 3 is 2.57 bits per heavy atom. The van der Waals surface area contributed by atoms with Crippen molar-refractivity contribution in [2.24, 2.45) is 5.73 Å². The fourth-order valence-electron chi connectivity index (χ4n) is 3.04. The molecule has 0 radical (unpaired) electrons. The quantitative estimate of drug-likeness (QED) is 0.525. The molecule has 8 heteroatoms. The maximum Gasteiger partial charge on any atom is 0.263 e. The topological polar surface area (TPSA) is 95.3 Å². The number of carbonyl (C=O) groups is 1. The summed E-state index contributed by atoms with van der Waals surface area (Å²) in [6, 6.07) is 15.3. The second-order valence-corrected chi connectivity index (χ2v) is 7.98. The Morgan fingerprint density at radius 2 is 1.86 bits per heavy atom. The minimum Gasteiger partial charge on any atom is -0.369 e. The maximum absolute atomic E-state index is 13.2. The number of para-hydroxylation sites is 1. The van der Waals surface area contributed by atoms with Crippen molar-refractivity contribution in [1.29, 1.82) is 0 Å². The highest BCUT2D eigenvalue weighted by Gasteiger charge is 2.20. The van der Waals surface area contributed by atoms with Gasteiger partial charge >= 0.3 is 0 Å². The fourth-order valence-corrected chi connectivity index (χ4v) is 3.85. The van der Waals surface area contributed by atoms with E-state index in [2.05, 4.69) is 10.2 Å². The van der Waals surface area contributed by atoms with Gasteiger partial charge in [-0.05, 0) is 31.5 Å². The molecular weight excluding hydrogens is 374 g/mol. The number of aromatic nitrogens is 4. The summed E-state index contributed by atoms with van der Waals surface area (Å²) in [6.07, 6.45) is 0. The molecule has 7 nitrogen and oxygen atoms in total. The van der Waals surface area contributed by atoms with Crippen LogP contribution in [0.4, 0.5) is 0 Å². The molecule has 142 valence electrons. The first kappa shape index (κ1) is 18.2. The van der Waals surface area contributed by atoms with Crippen molar-refractivity contribution < 1.29 is 4.79 Å². The van der Waals surface area contributed by atoms with Crippen LogP contribution in [0.2, 0.25) is 0 Å². The molecule has 0 bridgehead atoms. The maximum atomic E-state index is 13.2. The lowest BCUT2D eigenvalue weighted by Gasteiger charge is -2.12. The van der Waals surface area contributed by atoms with E-state index in [1.807, 2.05) is 53.8 Å². The highest BCUT2D eigenvalue weighted by molar-refractivity contribution is 8.00. The zero-order valence-corrected chi connectivity index (χ0v) is 16.3. The fraction of sp³-hybridized carbons (Fsp3) is 0.200. The molecule has 4 rings (SSSR count). The summed E-state index contributed by atoms with van der Waals surface area (Å²) in [5.41, 5.74) is 8.12. The van der Waals surface area contributed by atoms with E-state index in [0.29, 0.717) is 28.4 Å². The summed E-state index contributed by atoms with van der Waals surface area (Å²) in [7, 11) is 0. The van der Waals surface area contributed by atoms with Crippen molar-refractivity contribution >= 4 is 34.3 Å². The molecule has 2 aromatic carbocycles. The smallest absolute Gasteiger partial charge is 0.263 e. The van der Waals surface area contributed by atoms with Crippen LogP contribution in [0.15, 0.2) is 58.5 Å². The number of fused-ring (bicyclic) bond motifs is 3. The molecule has 0 saturated carbocycles. The largest absolute Gasteiger partial charge is 0.369 e. The van der Waals surface area contributed by atoms with E-state index in [-0.39, 0.29) is 5.56 Å². The van der Waals surface area contributed by atoms with Crippen molar-refractivity contribution in [3.8, 4) is 0 Å². The molecule has 1 atom stereocenters. The van der Waals surface area contributed by atoms with Crippen LogP contribution < -0.4 is 11.3 Å². The van der Waals surface area contributed by atoms with E-state index in [0.717, 1.165) is 11.1 Å². The number of carbonyl (C=O) groups excluding carboxylic acids is 1. The van der Waals surface area contributed by atoms with Gasteiger partial charge in [0.1, 0.15) is 0 Å². The normalized spacial score (nSPS) is 12.5. The van der Waals surface area contributed by atoms with Gasteiger partial charge in [0.15, 0.2) is 5.16 Å². The summed E-state index contributed by atoms with van der Waals surface area (Å²) < 4.78 is 3.42. The number of aryl methyl sites for hydroxylation is 1. The number of amides is 1. The van der Waals surface area contributed by atoms with Crippen LogP contribution in [0.3, 0.4) is 0 Å². The van der Waals surface area contributed by atoms with Gasteiger partial charge in [0.25, 0.3) is 5.56 Å². The number of hydrogen-bond donors (Lipinski definition) is 1. The number of thioether (sulfide) groups is 1. The first-order valence-electron chi connectivity index (χ1n) is 8.84. The standard InChI is InChI=1S/C20H19N5O2S/c1-12-7-9-14(10-8-12)11-24-18(27)15-5-3-4-6-16(15)25-19(24)22-23-20(25)28-13(2)17(21)26/h3-10,13H,11H2,1-2H3,(H2,21,26)/t13-/m1/s1. The minimum atomic E-state index is -0.469. The van der Waals surface area contributed by atoms with Gasteiger partial charge in [0, 0.05) is 0 Å². The molecule has 4 aromatic rings. The van der Waals surface area contributed by atoms with Crippen molar-refractivity contribution in [2.75, 3.05) is 0 Å².